The molecule has 0 N–H and O–H groups in total. The molecule has 0 bridgehead atoms. The Hall–Kier alpha value is -1.90. The average Bonchev–Trinajstić information content (AvgIpc) is 2.57. The zero-order valence-corrected chi connectivity index (χ0v) is 9.36. The second-order valence-corrected chi connectivity index (χ2v) is 3.62. The maximum Gasteiger partial charge on any atom is 0.265 e. The molecule has 0 saturated carbocycles. The molecule has 16 heavy (non-hydrogen) atoms. The average molecular weight is 215 g/mol. The molecule has 0 saturated heterocycles. The van der Waals surface area contributed by atoms with Crippen LogP contribution in [0.4, 0.5) is 0 Å². The molecule has 0 aliphatic carbocycles. The predicted molar refractivity (Wildman–Crippen MR) is 61.0 cm³/mol. The summed E-state index contributed by atoms with van der Waals surface area (Å²) >= 11 is 0. The number of rotatable bonds is 2. The summed E-state index contributed by atoms with van der Waals surface area (Å²) < 4.78 is 0. The lowest BCUT2D eigenvalue weighted by atomic mass is 10.1. The first-order valence-corrected chi connectivity index (χ1v) is 5.33. The standard InChI is InChI=1S/C13H13NO2/c1-3-9(4-2)14-12(15)10-7-5-6-8-11(10)13(14)16/h3,5-8H,4H2,1-2H3. The van der Waals surface area contributed by atoms with E-state index in [0.29, 0.717) is 17.5 Å². The molecule has 0 aromatic heterocycles. The molecule has 0 unspecified atom stereocenters. The van der Waals surface area contributed by atoms with Gasteiger partial charge in [0, 0.05) is 5.70 Å². The third-order valence-corrected chi connectivity index (χ3v) is 2.78. The van der Waals surface area contributed by atoms with Crippen molar-refractivity contribution in [1.82, 2.24) is 4.90 Å². The normalized spacial score (nSPS) is 15.6. The summed E-state index contributed by atoms with van der Waals surface area (Å²) in [7, 11) is 0. The molecular formula is C13H13NO2. The number of hydrogen-bond acceptors (Lipinski definition) is 2. The number of amides is 2. The van der Waals surface area contributed by atoms with Gasteiger partial charge in [0.1, 0.15) is 0 Å². The van der Waals surface area contributed by atoms with Crippen molar-refractivity contribution in [3.05, 3.63) is 47.2 Å². The van der Waals surface area contributed by atoms with E-state index in [1.807, 2.05) is 19.9 Å². The van der Waals surface area contributed by atoms with E-state index < -0.39 is 0 Å². The molecule has 1 aliphatic heterocycles. The van der Waals surface area contributed by atoms with Crippen molar-refractivity contribution in [2.24, 2.45) is 0 Å². The molecule has 3 nitrogen and oxygen atoms in total. The van der Waals surface area contributed by atoms with Crippen molar-refractivity contribution < 1.29 is 9.59 Å². The van der Waals surface area contributed by atoms with Crippen molar-refractivity contribution in [3.8, 4) is 0 Å². The Bertz CT molecular complexity index is 453. The molecular weight excluding hydrogens is 202 g/mol. The van der Waals surface area contributed by atoms with Crippen LogP contribution in [0.2, 0.25) is 0 Å². The van der Waals surface area contributed by atoms with Crippen LogP contribution in [-0.4, -0.2) is 16.7 Å². The van der Waals surface area contributed by atoms with Crippen molar-refractivity contribution in [3.63, 3.8) is 0 Å². The Balaban J connectivity index is 2.50. The molecule has 1 aromatic rings. The fraction of sp³-hybridized carbons (Fsp3) is 0.231. The van der Waals surface area contributed by atoms with E-state index in [4.69, 9.17) is 0 Å². The van der Waals surface area contributed by atoms with E-state index in [0.717, 1.165) is 5.70 Å². The molecule has 3 heteroatoms. The maximum absolute atomic E-state index is 12.0. The highest BCUT2D eigenvalue weighted by molar-refractivity contribution is 6.22. The SMILES string of the molecule is CC=C(CC)N1C(=O)c2ccccc2C1=O. The van der Waals surface area contributed by atoms with Crippen molar-refractivity contribution in [2.75, 3.05) is 0 Å². The molecule has 0 atom stereocenters. The highest BCUT2D eigenvalue weighted by Crippen LogP contribution is 2.26. The molecule has 0 radical (unpaired) electrons. The van der Waals surface area contributed by atoms with E-state index in [-0.39, 0.29) is 11.8 Å². The Kier molecular flexibility index (Phi) is 2.60. The Morgan fingerprint density at radius 2 is 1.69 bits per heavy atom. The first kappa shape index (κ1) is 10.6. The monoisotopic (exact) mass is 215 g/mol. The second kappa shape index (κ2) is 3.93. The van der Waals surface area contributed by atoms with Crippen LogP contribution in [0.3, 0.4) is 0 Å². The summed E-state index contributed by atoms with van der Waals surface area (Å²) in [5.74, 6) is -0.425. The number of benzene rings is 1. The largest absolute Gasteiger partial charge is 0.268 e. The molecule has 2 amide bonds. The van der Waals surface area contributed by atoms with E-state index in [2.05, 4.69) is 0 Å². The molecule has 1 aliphatic rings. The minimum absolute atomic E-state index is 0.212. The minimum atomic E-state index is -0.212. The first-order chi connectivity index (χ1) is 7.70. The molecule has 82 valence electrons. The van der Waals surface area contributed by atoms with Crippen LogP contribution in [-0.2, 0) is 0 Å². The lowest BCUT2D eigenvalue weighted by Gasteiger charge is -2.15. The van der Waals surface area contributed by atoms with Crippen LogP contribution in [0, 0.1) is 0 Å². The number of hydrogen-bond donors (Lipinski definition) is 0. The lowest BCUT2D eigenvalue weighted by Crippen LogP contribution is -2.28. The predicted octanol–water partition coefficient (Wildman–Crippen LogP) is 2.60. The van der Waals surface area contributed by atoms with E-state index in [1.54, 1.807) is 24.3 Å². The smallest absolute Gasteiger partial charge is 0.265 e. The summed E-state index contributed by atoms with van der Waals surface area (Å²) in [6.45, 7) is 3.77. The quantitative estimate of drug-likeness (QED) is 0.711. The van der Waals surface area contributed by atoms with Crippen LogP contribution >= 0.6 is 0 Å². The van der Waals surface area contributed by atoms with Gasteiger partial charge in [0.2, 0.25) is 0 Å². The van der Waals surface area contributed by atoms with Gasteiger partial charge in [-0.1, -0.05) is 25.1 Å². The van der Waals surface area contributed by atoms with E-state index in [9.17, 15) is 9.59 Å². The lowest BCUT2D eigenvalue weighted by molar-refractivity contribution is 0.0700. The number of carbonyl (C=O) groups excluding carboxylic acids is 2. The third kappa shape index (κ3) is 1.36. The number of allylic oxidation sites excluding steroid dienone is 2. The van der Waals surface area contributed by atoms with Gasteiger partial charge >= 0.3 is 0 Å². The zero-order valence-electron chi connectivity index (χ0n) is 9.36. The number of imide groups is 1. The minimum Gasteiger partial charge on any atom is -0.268 e. The van der Waals surface area contributed by atoms with Gasteiger partial charge in [-0.05, 0) is 25.5 Å². The van der Waals surface area contributed by atoms with Gasteiger partial charge in [-0.2, -0.15) is 0 Å². The van der Waals surface area contributed by atoms with Crippen LogP contribution in [0.25, 0.3) is 0 Å². The Morgan fingerprint density at radius 1 is 1.19 bits per heavy atom. The summed E-state index contributed by atoms with van der Waals surface area (Å²) in [5, 5.41) is 0. The molecule has 0 spiro atoms. The van der Waals surface area contributed by atoms with Crippen molar-refractivity contribution >= 4 is 11.8 Å². The van der Waals surface area contributed by atoms with Crippen molar-refractivity contribution in [2.45, 2.75) is 20.3 Å². The summed E-state index contributed by atoms with van der Waals surface area (Å²) in [4.78, 5) is 25.3. The molecule has 2 rings (SSSR count). The number of nitrogens with zero attached hydrogens (tertiary/aromatic N) is 1. The van der Waals surface area contributed by atoms with Gasteiger partial charge in [-0.3, -0.25) is 9.59 Å². The zero-order chi connectivity index (χ0) is 11.7. The van der Waals surface area contributed by atoms with Crippen LogP contribution in [0.15, 0.2) is 36.0 Å². The topological polar surface area (TPSA) is 37.4 Å². The summed E-state index contributed by atoms with van der Waals surface area (Å²) in [5.41, 5.74) is 1.76. The van der Waals surface area contributed by atoms with Gasteiger partial charge in [0.15, 0.2) is 0 Å². The van der Waals surface area contributed by atoms with Crippen LogP contribution in [0.1, 0.15) is 41.0 Å². The van der Waals surface area contributed by atoms with Crippen LogP contribution in [0.5, 0.6) is 0 Å². The van der Waals surface area contributed by atoms with Gasteiger partial charge in [-0.15, -0.1) is 0 Å². The summed E-state index contributed by atoms with van der Waals surface area (Å²) in [6, 6.07) is 6.93. The number of fused-ring (bicyclic) bond motifs is 1. The first-order valence-electron chi connectivity index (χ1n) is 5.33. The highest BCUT2D eigenvalue weighted by atomic mass is 16.2. The van der Waals surface area contributed by atoms with Crippen LogP contribution < -0.4 is 0 Å². The summed E-state index contributed by atoms with van der Waals surface area (Å²) in [6.07, 6.45) is 2.48. The Labute approximate surface area is 94.4 Å². The maximum atomic E-state index is 12.0. The van der Waals surface area contributed by atoms with Gasteiger partial charge in [0.05, 0.1) is 11.1 Å². The Morgan fingerprint density at radius 3 is 2.06 bits per heavy atom. The van der Waals surface area contributed by atoms with E-state index in [1.165, 1.54) is 4.90 Å². The molecule has 1 aromatic carbocycles. The van der Waals surface area contributed by atoms with Gasteiger partial charge in [0.25, 0.3) is 11.8 Å². The van der Waals surface area contributed by atoms with E-state index >= 15 is 0 Å². The molecule has 1 heterocycles. The van der Waals surface area contributed by atoms with Gasteiger partial charge < -0.3 is 0 Å². The number of carbonyl (C=O) groups is 2. The molecule has 0 fully saturated rings. The third-order valence-electron chi connectivity index (χ3n) is 2.78. The van der Waals surface area contributed by atoms with Crippen molar-refractivity contribution in [1.29, 1.82) is 0 Å². The highest BCUT2D eigenvalue weighted by Gasteiger charge is 2.36. The fourth-order valence-corrected chi connectivity index (χ4v) is 1.94. The van der Waals surface area contributed by atoms with Gasteiger partial charge in [-0.25, -0.2) is 4.90 Å². The second-order valence-electron chi connectivity index (χ2n) is 3.62. The fourth-order valence-electron chi connectivity index (χ4n) is 1.94.